The Morgan fingerprint density at radius 3 is 2.38 bits per heavy atom. The average molecular weight is 184 g/mol. The van der Waals surface area contributed by atoms with Gasteiger partial charge in [-0.25, -0.2) is 4.79 Å². The Balaban J connectivity index is 2.22. The third-order valence-corrected chi connectivity index (χ3v) is 2.46. The normalized spacial score (nSPS) is 18.2. The van der Waals surface area contributed by atoms with Crippen molar-refractivity contribution in [3.05, 3.63) is 0 Å². The molecule has 1 saturated carbocycles. The third kappa shape index (κ3) is 3.92. The SMILES string of the molecule is NC(=O)NC(=O)CC1CCCCC1. The zero-order valence-electron chi connectivity index (χ0n) is 7.71. The Hall–Kier alpha value is -1.06. The summed E-state index contributed by atoms with van der Waals surface area (Å²) in [5, 5.41) is 2.09. The van der Waals surface area contributed by atoms with Crippen LogP contribution in [0.15, 0.2) is 0 Å². The summed E-state index contributed by atoms with van der Waals surface area (Å²) in [5.41, 5.74) is 4.83. The van der Waals surface area contributed by atoms with Crippen molar-refractivity contribution in [2.45, 2.75) is 38.5 Å². The minimum Gasteiger partial charge on any atom is -0.351 e. The standard InChI is InChI=1S/C9H16N2O2/c10-9(13)11-8(12)6-7-4-2-1-3-5-7/h7H,1-6H2,(H3,10,11,12,13). The number of amides is 3. The van der Waals surface area contributed by atoms with Gasteiger partial charge in [0.1, 0.15) is 0 Å². The summed E-state index contributed by atoms with van der Waals surface area (Å²) in [7, 11) is 0. The van der Waals surface area contributed by atoms with Gasteiger partial charge in [-0.2, -0.15) is 0 Å². The van der Waals surface area contributed by atoms with Gasteiger partial charge in [-0.3, -0.25) is 10.1 Å². The van der Waals surface area contributed by atoms with Gasteiger partial charge in [0.25, 0.3) is 0 Å². The maximum atomic E-state index is 11.1. The first kappa shape index (κ1) is 10.0. The number of carbonyl (C=O) groups is 2. The van der Waals surface area contributed by atoms with Crippen LogP contribution in [0, 0.1) is 5.92 Å². The van der Waals surface area contributed by atoms with E-state index in [1.54, 1.807) is 0 Å². The molecule has 0 aliphatic heterocycles. The van der Waals surface area contributed by atoms with Crippen molar-refractivity contribution in [3.63, 3.8) is 0 Å². The second kappa shape index (κ2) is 4.84. The molecule has 74 valence electrons. The van der Waals surface area contributed by atoms with Crippen molar-refractivity contribution in [3.8, 4) is 0 Å². The van der Waals surface area contributed by atoms with Crippen molar-refractivity contribution < 1.29 is 9.59 Å². The maximum absolute atomic E-state index is 11.1. The second-order valence-corrected chi connectivity index (χ2v) is 3.62. The van der Waals surface area contributed by atoms with E-state index < -0.39 is 6.03 Å². The first-order valence-electron chi connectivity index (χ1n) is 4.78. The van der Waals surface area contributed by atoms with E-state index >= 15 is 0 Å². The van der Waals surface area contributed by atoms with Crippen LogP contribution in [-0.2, 0) is 4.79 Å². The molecule has 4 heteroatoms. The number of hydrogen-bond donors (Lipinski definition) is 2. The van der Waals surface area contributed by atoms with E-state index in [2.05, 4.69) is 5.32 Å². The lowest BCUT2D eigenvalue weighted by Crippen LogP contribution is -2.36. The van der Waals surface area contributed by atoms with E-state index in [9.17, 15) is 9.59 Å². The van der Waals surface area contributed by atoms with Gasteiger partial charge >= 0.3 is 6.03 Å². The van der Waals surface area contributed by atoms with Crippen LogP contribution in [0.25, 0.3) is 0 Å². The van der Waals surface area contributed by atoms with Gasteiger partial charge in [-0.05, 0) is 18.8 Å². The lowest BCUT2D eigenvalue weighted by Gasteiger charge is -2.20. The van der Waals surface area contributed by atoms with Crippen LogP contribution in [0.2, 0.25) is 0 Å². The van der Waals surface area contributed by atoms with E-state index in [0.717, 1.165) is 12.8 Å². The summed E-state index contributed by atoms with van der Waals surface area (Å²) >= 11 is 0. The van der Waals surface area contributed by atoms with Crippen LogP contribution >= 0.6 is 0 Å². The van der Waals surface area contributed by atoms with Crippen LogP contribution in [-0.4, -0.2) is 11.9 Å². The fourth-order valence-electron chi connectivity index (χ4n) is 1.84. The molecule has 0 unspecified atom stereocenters. The molecule has 1 rings (SSSR count). The molecular weight excluding hydrogens is 168 g/mol. The number of hydrogen-bond acceptors (Lipinski definition) is 2. The molecule has 0 aromatic rings. The largest absolute Gasteiger partial charge is 0.351 e. The van der Waals surface area contributed by atoms with Gasteiger partial charge < -0.3 is 5.73 Å². The number of rotatable bonds is 2. The first-order chi connectivity index (χ1) is 6.18. The summed E-state index contributed by atoms with van der Waals surface area (Å²) in [4.78, 5) is 21.5. The number of primary amides is 1. The van der Waals surface area contributed by atoms with Crippen LogP contribution in [0.5, 0.6) is 0 Å². The molecule has 3 amide bonds. The van der Waals surface area contributed by atoms with E-state index in [1.165, 1.54) is 19.3 Å². The fraction of sp³-hybridized carbons (Fsp3) is 0.778. The van der Waals surface area contributed by atoms with E-state index in [4.69, 9.17) is 5.73 Å². The second-order valence-electron chi connectivity index (χ2n) is 3.62. The van der Waals surface area contributed by atoms with Crippen molar-refractivity contribution >= 4 is 11.9 Å². The zero-order chi connectivity index (χ0) is 9.68. The fourth-order valence-corrected chi connectivity index (χ4v) is 1.84. The molecule has 1 fully saturated rings. The van der Waals surface area contributed by atoms with E-state index in [1.807, 2.05) is 0 Å². The summed E-state index contributed by atoms with van der Waals surface area (Å²) in [5.74, 6) is 0.215. The molecular formula is C9H16N2O2. The van der Waals surface area contributed by atoms with Crippen molar-refractivity contribution in [1.82, 2.24) is 5.32 Å². The van der Waals surface area contributed by atoms with Gasteiger partial charge in [0.05, 0.1) is 0 Å². The zero-order valence-corrected chi connectivity index (χ0v) is 7.71. The Kier molecular flexibility index (Phi) is 3.73. The van der Waals surface area contributed by atoms with Gasteiger partial charge in [0.2, 0.25) is 5.91 Å². The Morgan fingerprint density at radius 1 is 1.23 bits per heavy atom. The molecule has 0 atom stereocenters. The lowest BCUT2D eigenvalue weighted by molar-refractivity contribution is -0.121. The highest BCUT2D eigenvalue weighted by Crippen LogP contribution is 2.25. The predicted molar refractivity (Wildman–Crippen MR) is 48.9 cm³/mol. The molecule has 0 heterocycles. The lowest BCUT2D eigenvalue weighted by atomic mass is 9.87. The highest BCUT2D eigenvalue weighted by molar-refractivity contribution is 5.93. The summed E-state index contributed by atoms with van der Waals surface area (Å²) in [6.45, 7) is 0. The molecule has 3 N–H and O–H groups in total. The molecule has 0 aromatic heterocycles. The molecule has 0 saturated heterocycles. The van der Waals surface area contributed by atoms with Gasteiger partial charge in [0, 0.05) is 6.42 Å². The van der Waals surface area contributed by atoms with Gasteiger partial charge in [-0.1, -0.05) is 19.3 Å². The highest BCUT2D eigenvalue weighted by Gasteiger charge is 2.17. The molecule has 13 heavy (non-hydrogen) atoms. The molecule has 4 nitrogen and oxygen atoms in total. The molecule has 0 radical (unpaired) electrons. The number of nitrogens with one attached hydrogen (secondary N) is 1. The summed E-state index contributed by atoms with van der Waals surface area (Å²) < 4.78 is 0. The molecule has 1 aliphatic rings. The van der Waals surface area contributed by atoms with Crippen LogP contribution in [0.3, 0.4) is 0 Å². The van der Waals surface area contributed by atoms with E-state index in [0.29, 0.717) is 12.3 Å². The predicted octanol–water partition coefficient (Wildman–Crippen LogP) is 1.15. The molecule has 0 bridgehead atoms. The van der Waals surface area contributed by atoms with Crippen molar-refractivity contribution in [1.29, 1.82) is 0 Å². The van der Waals surface area contributed by atoms with Crippen LogP contribution in [0.1, 0.15) is 38.5 Å². The summed E-state index contributed by atoms with van der Waals surface area (Å²) in [6.07, 6.45) is 6.33. The average Bonchev–Trinajstić information content (AvgIpc) is 2.04. The minimum atomic E-state index is -0.749. The van der Waals surface area contributed by atoms with E-state index in [-0.39, 0.29) is 5.91 Å². The first-order valence-corrected chi connectivity index (χ1v) is 4.78. The molecule has 0 aromatic carbocycles. The highest BCUT2D eigenvalue weighted by atomic mass is 16.2. The molecule has 0 spiro atoms. The topological polar surface area (TPSA) is 72.2 Å². The van der Waals surface area contributed by atoms with Gasteiger partial charge in [-0.15, -0.1) is 0 Å². The number of imide groups is 1. The van der Waals surface area contributed by atoms with Crippen LogP contribution in [0.4, 0.5) is 4.79 Å². The minimum absolute atomic E-state index is 0.237. The number of urea groups is 1. The Bertz CT molecular complexity index is 198. The van der Waals surface area contributed by atoms with Crippen molar-refractivity contribution in [2.24, 2.45) is 11.7 Å². The molecule has 1 aliphatic carbocycles. The Labute approximate surface area is 77.9 Å². The van der Waals surface area contributed by atoms with Gasteiger partial charge in [0.15, 0.2) is 0 Å². The van der Waals surface area contributed by atoms with Crippen molar-refractivity contribution in [2.75, 3.05) is 0 Å². The van der Waals surface area contributed by atoms with Crippen LogP contribution < -0.4 is 11.1 Å². The quantitative estimate of drug-likeness (QED) is 0.675. The number of nitrogens with two attached hydrogens (primary N) is 1. The Morgan fingerprint density at radius 2 is 1.85 bits per heavy atom. The monoisotopic (exact) mass is 184 g/mol. The number of carbonyl (C=O) groups excluding carboxylic acids is 2. The maximum Gasteiger partial charge on any atom is 0.318 e. The summed E-state index contributed by atoms with van der Waals surface area (Å²) in [6, 6.07) is -0.749. The third-order valence-electron chi connectivity index (χ3n) is 2.46. The smallest absolute Gasteiger partial charge is 0.318 e.